The van der Waals surface area contributed by atoms with Gasteiger partial charge < -0.3 is 19.5 Å². The lowest BCUT2D eigenvalue weighted by molar-refractivity contribution is -0.153. The summed E-state index contributed by atoms with van der Waals surface area (Å²) in [5.41, 5.74) is 0.0817. The molecule has 8 heteroatoms. The molecule has 0 radical (unpaired) electrons. The average molecular weight is 401 g/mol. The first kappa shape index (κ1) is 20.9. The Morgan fingerprint density at radius 1 is 1.25 bits per heavy atom. The summed E-state index contributed by atoms with van der Waals surface area (Å²) in [5, 5.41) is 10.2. The molecule has 156 valence electrons. The van der Waals surface area contributed by atoms with Crippen LogP contribution in [0.4, 0.5) is 18.9 Å². The highest BCUT2D eigenvalue weighted by Gasteiger charge is 2.51. The third-order valence-electron chi connectivity index (χ3n) is 5.45. The normalized spacial score (nSPS) is 28.4. The third-order valence-corrected chi connectivity index (χ3v) is 5.45. The van der Waals surface area contributed by atoms with Crippen molar-refractivity contribution in [1.29, 1.82) is 0 Å². The fraction of sp³-hybridized carbons (Fsp3) is 0.650. The van der Waals surface area contributed by atoms with E-state index in [0.717, 1.165) is 0 Å². The van der Waals surface area contributed by atoms with Gasteiger partial charge >= 0.3 is 6.18 Å². The second kappa shape index (κ2) is 7.91. The molecule has 1 aliphatic carbocycles. The molecule has 28 heavy (non-hydrogen) atoms. The molecule has 1 aromatic carbocycles. The van der Waals surface area contributed by atoms with E-state index in [1.807, 2.05) is 13.8 Å². The first-order valence-electron chi connectivity index (χ1n) is 9.55. The fourth-order valence-electron chi connectivity index (χ4n) is 4.10. The lowest BCUT2D eigenvalue weighted by Gasteiger charge is -2.39. The van der Waals surface area contributed by atoms with E-state index in [2.05, 4.69) is 0 Å². The predicted molar refractivity (Wildman–Crippen MR) is 97.3 cm³/mol. The summed E-state index contributed by atoms with van der Waals surface area (Å²) in [5.74, 6) is 0.0920. The van der Waals surface area contributed by atoms with Gasteiger partial charge in [-0.2, -0.15) is 13.2 Å². The van der Waals surface area contributed by atoms with E-state index in [-0.39, 0.29) is 23.9 Å². The van der Waals surface area contributed by atoms with Gasteiger partial charge in [0.15, 0.2) is 6.61 Å². The van der Waals surface area contributed by atoms with E-state index in [9.17, 15) is 23.1 Å². The van der Waals surface area contributed by atoms with Crippen molar-refractivity contribution in [1.82, 2.24) is 0 Å². The number of carbonyl (C=O) groups excluding carboxylic acids is 1. The standard InChI is InChI=1S/C20H26F3NO4/c1-13(2)28-17-11-19(8-7-16(17)25)9-10-24(18(19)26)14-3-5-15(6-4-14)27-12-20(21,22)23/h3-6,13,16-17,25H,7-12H2,1-2H3/t16-,17-,19+/m0/s1. The van der Waals surface area contributed by atoms with Crippen LogP contribution in [-0.4, -0.2) is 48.7 Å². The largest absolute Gasteiger partial charge is 0.484 e. The van der Waals surface area contributed by atoms with E-state index in [1.165, 1.54) is 12.1 Å². The maximum Gasteiger partial charge on any atom is 0.422 e. The highest BCUT2D eigenvalue weighted by molar-refractivity contribution is 6.00. The summed E-state index contributed by atoms with van der Waals surface area (Å²) in [6.45, 7) is 2.99. The SMILES string of the molecule is CC(C)O[C@H]1C[C@@]2(CC[C@@H]1O)CCN(c1ccc(OCC(F)(F)F)cc1)C2=O. The summed E-state index contributed by atoms with van der Waals surface area (Å²) in [7, 11) is 0. The molecule has 1 heterocycles. The zero-order valence-electron chi connectivity index (χ0n) is 16.0. The maximum absolute atomic E-state index is 13.2. The van der Waals surface area contributed by atoms with Crippen molar-refractivity contribution in [2.24, 2.45) is 5.41 Å². The minimum absolute atomic E-state index is 0.0132. The van der Waals surface area contributed by atoms with Gasteiger partial charge in [-0.15, -0.1) is 0 Å². The van der Waals surface area contributed by atoms with Crippen LogP contribution in [0.5, 0.6) is 5.75 Å². The number of amides is 1. The first-order valence-corrected chi connectivity index (χ1v) is 9.55. The Bertz CT molecular complexity index is 692. The molecule has 0 aromatic heterocycles. The number of aliphatic hydroxyl groups is 1. The van der Waals surface area contributed by atoms with Crippen LogP contribution in [0.2, 0.25) is 0 Å². The minimum Gasteiger partial charge on any atom is -0.484 e. The van der Waals surface area contributed by atoms with E-state index >= 15 is 0 Å². The van der Waals surface area contributed by atoms with Crippen LogP contribution in [0, 0.1) is 5.41 Å². The lowest BCUT2D eigenvalue weighted by Crippen LogP contribution is -2.46. The van der Waals surface area contributed by atoms with Crippen molar-refractivity contribution in [3.05, 3.63) is 24.3 Å². The van der Waals surface area contributed by atoms with Gasteiger partial charge in [0.2, 0.25) is 5.91 Å². The van der Waals surface area contributed by atoms with E-state index in [4.69, 9.17) is 9.47 Å². The molecule has 1 amide bonds. The summed E-state index contributed by atoms with van der Waals surface area (Å²) in [6, 6.07) is 6.08. The number of ether oxygens (including phenoxy) is 2. The lowest BCUT2D eigenvalue weighted by atomic mass is 9.70. The number of carbonyl (C=O) groups is 1. The van der Waals surface area contributed by atoms with E-state index in [1.54, 1.807) is 17.0 Å². The van der Waals surface area contributed by atoms with Crippen molar-refractivity contribution >= 4 is 11.6 Å². The van der Waals surface area contributed by atoms with Crippen LogP contribution in [0.3, 0.4) is 0 Å². The summed E-state index contributed by atoms with van der Waals surface area (Å²) >= 11 is 0. The number of hydrogen-bond donors (Lipinski definition) is 1. The van der Waals surface area contributed by atoms with Gasteiger partial charge in [-0.25, -0.2) is 0 Å². The summed E-state index contributed by atoms with van der Waals surface area (Å²) in [4.78, 5) is 14.8. The number of alkyl halides is 3. The highest BCUT2D eigenvalue weighted by Crippen LogP contribution is 2.47. The minimum atomic E-state index is -4.39. The topological polar surface area (TPSA) is 59.0 Å². The number of rotatable bonds is 5. The Morgan fingerprint density at radius 3 is 2.54 bits per heavy atom. The fourth-order valence-corrected chi connectivity index (χ4v) is 4.10. The van der Waals surface area contributed by atoms with Crippen molar-refractivity contribution in [3.8, 4) is 5.75 Å². The predicted octanol–water partition coefficient (Wildman–Crippen LogP) is 3.69. The molecule has 3 rings (SSSR count). The van der Waals surface area contributed by atoms with Gasteiger partial charge in [0.25, 0.3) is 0 Å². The molecular formula is C20H26F3NO4. The van der Waals surface area contributed by atoms with Gasteiger partial charge in [-0.3, -0.25) is 4.79 Å². The summed E-state index contributed by atoms with van der Waals surface area (Å²) < 4.78 is 47.3. The number of nitrogens with zero attached hydrogens (tertiary/aromatic N) is 1. The number of hydrogen-bond acceptors (Lipinski definition) is 4. The van der Waals surface area contributed by atoms with Crippen LogP contribution in [0.1, 0.15) is 39.5 Å². The van der Waals surface area contributed by atoms with Crippen molar-refractivity contribution in [3.63, 3.8) is 0 Å². The molecule has 1 saturated heterocycles. The Kier molecular flexibility index (Phi) is 5.91. The Morgan fingerprint density at radius 2 is 1.93 bits per heavy atom. The van der Waals surface area contributed by atoms with E-state index in [0.29, 0.717) is 37.9 Å². The van der Waals surface area contributed by atoms with Crippen molar-refractivity contribution in [2.75, 3.05) is 18.1 Å². The quantitative estimate of drug-likeness (QED) is 0.818. The Labute approximate surface area is 162 Å². The molecule has 3 atom stereocenters. The number of benzene rings is 1. The van der Waals surface area contributed by atoms with Gasteiger partial charge in [0.05, 0.1) is 23.7 Å². The zero-order chi connectivity index (χ0) is 20.5. The highest BCUT2D eigenvalue weighted by atomic mass is 19.4. The molecule has 2 fully saturated rings. The zero-order valence-corrected chi connectivity index (χ0v) is 16.0. The molecule has 2 aliphatic rings. The summed E-state index contributed by atoms with van der Waals surface area (Å²) in [6.07, 6.45) is -3.09. The first-order chi connectivity index (χ1) is 13.1. The molecule has 0 unspecified atom stereocenters. The van der Waals surface area contributed by atoms with Gasteiger partial charge in [0.1, 0.15) is 5.75 Å². The monoisotopic (exact) mass is 401 g/mol. The van der Waals surface area contributed by atoms with Crippen LogP contribution < -0.4 is 9.64 Å². The number of aliphatic hydroxyl groups excluding tert-OH is 1. The average Bonchev–Trinajstić information content (AvgIpc) is 2.92. The second-order valence-corrected chi connectivity index (χ2v) is 7.92. The number of halogens is 3. The second-order valence-electron chi connectivity index (χ2n) is 7.92. The molecular weight excluding hydrogens is 375 g/mol. The maximum atomic E-state index is 13.2. The Hall–Kier alpha value is -1.80. The van der Waals surface area contributed by atoms with Gasteiger partial charge in [-0.05, 0) is 63.8 Å². The van der Waals surface area contributed by atoms with Crippen LogP contribution in [0.25, 0.3) is 0 Å². The number of anilines is 1. The van der Waals surface area contributed by atoms with Gasteiger partial charge in [0, 0.05) is 12.2 Å². The molecule has 1 aliphatic heterocycles. The third kappa shape index (κ3) is 4.60. The molecule has 1 saturated carbocycles. The van der Waals surface area contributed by atoms with E-state index < -0.39 is 24.3 Å². The Balaban J connectivity index is 1.68. The van der Waals surface area contributed by atoms with Crippen LogP contribution >= 0.6 is 0 Å². The molecule has 1 N–H and O–H groups in total. The van der Waals surface area contributed by atoms with Crippen LogP contribution in [-0.2, 0) is 9.53 Å². The molecule has 0 bridgehead atoms. The smallest absolute Gasteiger partial charge is 0.422 e. The van der Waals surface area contributed by atoms with Crippen molar-refractivity contribution in [2.45, 2.75) is 64.0 Å². The van der Waals surface area contributed by atoms with Crippen molar-refractivity contribution < 1.29 is 32.5 Å². The van der Waals surface area contributed by atoms with Gasteiger partial charge in [-0.1, -0.05) is 0 Å². The molecule has 5 nitrogen and oxygen atoms in total. The molecule has 1 aromatic rings. The van der Waals surface area contributed by atoms with Crippen LogP contribution in [0.15, 0.2) is 24.3 Å². The molecule has 1 spiro atoms.